The summed E-state index contributed by atoms with van der Waals surface area (Å²) in [7, 11) is -1.95. The molecule has 2 aromatic carbocycles. The Hall–Kier alpha value is -2.58. The molecular weight excluding hydrogens is 380 g/mol. The molecule has 1 N–H and O–H groups in total. The lowest BCUT2D eigenvalue weighted by Gasteiger charge is -2.23. The first-order chi connectivity index (χ1) is 13.3. The SMILES string of the molecule is COCCCN(Cc1ccc(OS(C)(=O)=O)cc1)C(=O)Nc1cccc(C)c1. The number of aryl methyl sites for hydroxylation is 1. The van der Waals surface area contributed by atoms with Gasteiger partial charge in [-0.25, -0.2) is 4.79 Å². The van der Waals surface area contributed by atoms with Crippen molar-refractivity contribution < 1.29 is 22.1 Å². The van der Waals surface area contributed by atoms with Crippen LogP contribution in [0.1, 0.15) is 17.5 Å². The van der Waals surface area contributed by atoms with Crippen LogP contribution in [0.5, 0.6) is 5.75 Å². The average Bonchev–Trinajstić information content (AvgIpc) is 2.61. The number of carbonyl (C=O) groups excluding carboxylic acids is 1. The van der Waals surface area contributed by atoms with Crippen molar-refractivity contribution in [1.29, 1.82) is 0 Å². The normalized spacial score (nSPS) is 11.1. The molecule has 0 radical (unpaired) electrons. The lowest BCUT2D eigenvalue weighted by atomic mass is 10.2. The van der Waals surface area contributed by atoms with Crippen LogP contribution in [-0.4, -0.2) is 45.9 Å². The number of carbonyl (C=O) groups is 1. The van der Waals surface area contributed by atoms with Crippen molar-refractivity contribution in [2.24, 2.45) is 0 Å². The number of ether oxygens (including phenoxy) is 1. The largest absolute Gasteiger partial charge is 0.385 e. The second-order valence-electron chi connectivity index (χ2n) is 6.50. The van der Waals surface area contributed by atoms with Gasteiger partial charge in [0.1, 0.15) is 5.75 Å². The summed E-state index contributed by atoms with van der Waals surface area (Å²) in [5.74, 6) is 0.237. The van der Waals surface area contributed by atoms with Gasteiger partial charge >= 0.3 is 16.1 Å². The Balaban J connectivity index is 2.08. The molecule has 0 fully saturated rings. The molecule has 8 heteroatoms. The Morgan fingerprint density at radius 2 is 1.86 bits per heavy atom. The third kappa shape index (κ3) is 7.58. The van der Waals surface area contributed by atoms with E-state index in [0.29, 0.717) is 26.1 Å². The molecule has 0 aliphatic heterocycles. The predicted molar refractivity (Wildman–Crippen MR) is 109 cm³/mol. The van der Waals surface area contributed by atoms with E-state index in [1.807, 2.05) is 31.2 Å². The van der Waals surface area contributed by atoms with Crippen LogP contribution in [0.15, 0.2) is 48.5 Å². The van der Waals surface area contributed by atoms with Gasteiger partial charge < -0.3 is 19.1 Å². The summed E-state index contributed by atoms with van der Waals surface area (Å²) in [4.78, 5) is 14.4. The minimum atomic E-state index is -3.57. The minimum absolute atomic E-state index is 0.210. The van der Waals surface area contributed by atoms with Crippen LogP contribution in [0.2, 0.25) is 0 Å². The van der Waals surface area contributed by atoms with Gasteiger partial charge in [-0.15, -0.1) is 0 Å². The van der Waals surface area contributed by atoms with Crippen molar-refractivity contribution in [3.8, 4) is 5.75 Å². The Morgan fingerprint density at radius 1 is 1.14 bits per heavy atom. The molecule has 0 unspecified atom stereocenters. The van der Waals surface area contributed by atoms with Crippen molar-refractivity contribution in [2.45, 2.75) is 19.9 Å². The molecule has 2 amide bonds. The van der Waals surface area contributed by atoms with Crippen LogP contribution in [0, 0.1) is 6.92 Å². The smallest absolute Gasteiger partial charge is 0.322 e. The Kier molecular flexibility index (Phi) is 7.83. The van der Waals surface area contributed by atoms with Gasteiger partial charge in [0.05, 0.1) is 6.26 Å². The Morgan fingerprint density at radius 3 is 2.46 bits per heavy atom. The summed E-state index contributed by atoms with van der Waals surface area (Å²) in [6, 6.07) is 14.0. The molecule has 2 rings (SSSR count). The van der Waals surface area contributed by atoms with Gasteiger partial charge in [0.15, 0.2) is 0 Å². The first kappa shape index (κ1) is 21.7. The highest BCUT2D eigenvalue weighted by molar-refractivity contribution is 7.86. The van der Waals surface area contributed by atoms with Gasteiger partial charge in [-0.1, -0.05) is 24.3 Å². The van der Waals surface area contributed by atoms with Gasteiger partial charge in [-0.2, -0.15) is 8.42 Å². The standard InChI is InChI=1S/C20H26N2O5S/c1-16-6-4-7-18(14-16)21-20(23)22(12-5-13-26-2)15-17-8-10-19(11-9-17)27-28(3,24)25/h4,6-11,14H,5,12-13,15H2,1-3H3,(H,21,23). The molecule has 152 valence electrons. The highest BCUT2D eigenvalue weighted by atomic mass is 32.2. The van der Waals surface area contributed by atoms with E-state index in [2.05, 4.69) is 5.32 Å². The predicted octanol–water partition coefficient (Wildman–Crippen LogP) is 3.40. The van der Waals surface area contributed by atoms with Gasteiger partial charge in [0, 0.05) is 32.5 Å². The van der Waals surface area contributed by atoms with Crippen LogP contribution in [0.25, 0.3) is 0 Å². The highest BCUT2D eigenvalue weighted by Crippen LogP contribution is 2.17. The number of hydrogen-bond donors (Lipinski definition) is 1. The number of urea groups is 1. The summed E-state index contributed by atoms with van der Waals surface area (Å²) < 4.78 is 32.3. The number of nitrogens with zero attached hydrogens (tertiary/aromatic N) is 1. The quantitative estimate of drug-likeness (QED) is 0.510. The average molecular weight is 407 g/mol. The molecule has 7 nitrogen and oxygen atoms in total. The zero-order valence-electron chi connectivity index (χ0n) is 16.3. The molecule has 0 atom stereocenters. The summed E-state index contributed by atoms with van der Waals surface area (Å²) in [5, 5.41) is 2.91. The van der Waals surface area contributed by atoms with E-state index in [9.17, 15) is 13.2 Å². The van der Waals surface area contributed by atoms with Crippen molar-refractivity contribution in [2.75, 3.05) is 31.8 Å². The van der Waals surface area contributed by atoms with E-state index in [0.717, 1.165) is 23.1 Å². The molecule has 0 saturated carbocycles. The topological polar surface area (TPSA) is 84.9 Å². The zero-order valence-corrected chi connectivity index (χ0v) is 17.2. The molecule has 0 bridgehead atoms. The third-order valence-electron chi connectivity index (χ3n) is 3.88. The fraction of sp³-hybridized carbons (Fsp3) is 0.350. The van der Waals surface area contributed by atoms with Crippen LogP contribution < -0.4 is 9.50 Å². The number of methoxy groups -OCH3 is 1. The van der Waals surface area contributed by atoms with E-state index in [-0.39, 0.29) is 11.8 Å². The van der Waals surface area contributed by atoms with E-state index >= 15 is 0 Å². The molecule has 0 aliphatic carbocycles. The molecule has 0 spiro atoms. The van der Waals surface area contributed by atoms with E-state index in [4.69, 9.17) is 8.92 Å². The first-order valence-electron chi connectivity index (χ1n) is 8.87. The number of benzene rings is 2. The third-order valence-corrected chi connectivity index (χ3v) is 4.37. The lowest BCUT2D eigenvalue weighted by molar-refractivity contribution is 0.171. The second-order valence-corrected chi connectivity index (χ2v) is 8.07. The number of anilines is 1. The van der Waals surface area contributed by atoms with Crippen LogP contribution >= 0.6 is 0 Å². The molecule has 0 aliphatic rings. The van der Waals surface area contributed by atoms with Crippen molar-refractivity contribution >= 4 is 21.8 Å². The summed E-state index contributed by atoms with van der Waals surface area (Å²) in [6.07, 6.45) is 1.70. The Bertz CT molecular complexity index is 882. The zero-order chi connectivity index (χ0) is 20.6. The fourth-order valence-electron chi connectivity index (χ4n) is 2.62. The lowest BCUT2D eigenvalue weighted by Crippen LogP contribution is -2.35. The van der Waals surface area contributed by atoms with Gasteiger partial charge in [-0.3, -0.25) is 0 Å². The second kappa shape index (κ2) is 10.1. The monoisotopic (exact) mass is 406 g/mol. The molecule has 0 aromatic heterocycles. The fourth-order valence-corrected chi connectivity index (χ4v) is 3.08. The van der Waals surface area contributed by atoms with Crippen molar-refractivity contribution in [1.82, 2.24) is 4.90 Å². The summed E-state index contributed by atoms with van der Waals surface area (Å²) >= 11 is 0. The first-order valence-corrected chi connectivity index (χ1v) is 10.7. The maximum absolute atomic E-state index is 12.7. The molecule has 28 heavy (non-hydrogen) atoms. The maximum atomic E-state index is 12.7. The van der Waals surface area contributed by atoms with E-state index in [1.165, 1.54) is 0 Å². The molecule has 2 aromatic rings. The summed E-state index contributed by atoms with van der Waals surface area (Å²) in [6.45, 7) is 3.41. The highest BCUT2D eigenvalue weighted by Gasteiger charge is 2.15. The van der Waals surface area contributed by atoms with Crippen LogP contribution in [0.3, 0.4) is 0 Å². The number of hydrogen-bond acceptors (Lipinski definition) is 5. The van der Waals surface area contributed by atoms with Gasteiger partial charge in [0.2, 0.25) is 0 Å². The van der Waals surface area contributed by atoms with Gasteiger partial charge in [0.25, 0.3) is 0 Å². The minimum Gasteiger partial charge on any atom is -0.385 e. The molecule has 0 saturated heterocycles. The van der Waals surface area contributed by atoms with Crippen LogP contribution in [0.4, 0.5) is 10.5 Å². The number of nitrogens with one attached hydrogen (secondary N) is 1. The number of rotatable bonds is 9. The van der Waals surface area contributed by atoms with Crippen molar-refractivity contribution in [3.05, 3.63) is 59.7 Å². The summed E-state index contributed by atoms with van der Waals surface area (Å²) in [5.41, 5.74) is 2.65. The van der Waals surface area contributed by atoms with Gasteiger partial charge in [-0.05, 0) is 48.7 Å². The van der Waals surface area contributed by atoms with E-state index < -0.39 is 10.1 Å². The van der Waals surface area contributed by atoms with Crippen LogP contribution in [-0.2, 0) is 21.4 Å². The molecular formula is C20H26N2O5S. The van der Waals surface area contributed by atoms with Crippen molar-refractivity contribution in [3.63, 3.8) is 0 Å². The van der Waals surface area contributed by atoms with E-state index in [1.54, 1.807) is 36.3 Å². The maximum Gasteiger partial charge on any atom is 0.322 e. The number of amides is 2. The Labute approximate surface area is 166 Å². The molecule has 0 heterocycles.